The fourth-order valence-electron chi connectivity index (χ4n) is 3.83. The number of nitrogens with zero attached hydrogens (tertiary/aromatic N) is 3. The number of hydrogen-bond acceptors (Lipinski definition) is 6. The van der Waals surface area contributed by atoms with Crippen LogP contribution < -0.4 is 20.4 Å². The Bertz CT molecular complexity index is 1120. The van der Waals surface area contributed by atoms with Crippen molar-refractivity contribution in [3.05, 3.63) is 70.0 Å². The summed E-state index contributed by atoms with van der Waals surface area (Å²) in [5, 5.41) is 15.5. The molecule has 0 fully saturated rings. The van der Waals surface area contributed by atoms with Gasteiger partial charge in [0.2, 0.25) is 0 Å². The Morgan fingerprint density at radius 2 is 1.88 bits per heavy atom. The number of urea groups is 1. The maximum Gasteiger partial charge on any atom is 0.328 e. The first kappa shape index (κ1) is 24.1. The number of aromatic hydroxyl groups is 1. The van der Waals surface area contributed by atoms with Crippen LogP contribution in [0.2, 0.25) is 10.0 Å². The molecule has 0 aliphatic carbocycles. The second kappa shape index (κ2) is 10.5. The van der Waals surface area contributed by atoms with Crippen LogP contribution in [0.1, 0.15) is 6.92 Å². The quantitative estimate of drug-likeness (QED) is 0.454. The molecule has 2 heterocycles. The maximum atomic E-state index is 13.2. The number of ether oxygens (including phenoxy) is 1. The van der Waals surface area contributed by atoms with Gasteiger partial charge in [-0.2, -0.15) is 0 Å². The Kier molecular flexibility index (Phi) is 7.41. The molecule has 2 amide bonds. The average molecular weight is 504 g/mol. The Labute approximate surface area is 209 Å². The molecule has 0 atom stereocenters. The Morgan fingerprint density at radius 3 is 2.62 bits per heavy atom. The second-order valence-corrected chi connectivity index (χ2v) is 8.70. The molecule has 2 aliphatic rings. The zero-order chi connectivity index (χ0) is 24.2. The van der Waals surface area contributed by atoms with Crippen molar-refractivity contribution in [2.75, 3.05) is 50.2 Å². The van der Waals surface area contributed by atoms with E-state index < -0.39 is 0 Å². The minimum absolute atomic E-state index is 0.0513. The van der Waals surface area contributed by atoms with Gasteiger partial charge < -0.3 is 15.2 Å². The van der Waals surface area contributed by atoms with Crippen molar-refractivity contribution >= 4 is 40.6 Å². The first-order valence-electron chi connectivity index (χ1n) is 11.0. The Balaban J connectivity index is 1.43. The van der Waals surface area contributed by atoms with Gasteiger partial charge >= 0.3 is 6.03 Å². The van der Waals surface area contributed by atoms with E-state index >= 15 is 0 Å². The molecule has 0 aromatic heterocycles. The second-order valence-electron chi connectivity index (χ2n) is 7.91. The lowest BCUT2D eigenvalue weighted by molar-refractivity contribution is 0.219. The number of carbonyl (C=O) groups is 1. The van der Waals surface area contributed by atoms with Gasteiger partial charge in [-0.15, -0.1) is 0 Å². The number of phenols is 1. The highest BCUT2D eigenvalue weighted by Crippen LogP contribution is 2.42. The number of hydrazine groups is 1. The van der Waals surface area contributed by atoms with Crippen molar-refractivity contribution in [3.8, 4) is 11.5 Å². The van der Waals surface area contributed by atoms with Crippen LogP contribution >= 0.6 is 23.2 Å². The Morgan fingerprint density at radius 1 is 1.12 bits per heavy atom. The van der Waals surface area contributed by atoms with Gasteiger partial charge in [-0.1, -0.05) is 30.1 Å². The van der Waals surface area contributed by atoms with E-state index in [4.69, 9.17) is 27.9 Å². The lowest BCUT2D eigenvalue weighted by atomic mass is 10.1. The third kappa shape index (κ3) is 5.04. The predicted octanol–water partition coefficient (Wildman–Crippen LogP) is 4.67. The highest BCUT2D eigenvalue weighted by molar-refractivity contribution is 6.40. The first-order valence-corrected chi connectivity index (χ1v) is 11.7. The van der Waals surface area contributed by atoms with Crippen LogP contribution in [0, 0.1) is 0 Å². The molecule has 2 aromatic carbocycles. The van der Waals surface area contributed by atoms with Crippen LogP contribution in [0.3, 0.4) is 0 Å². The van der Waals surface area contributed by atoms with E-state index in [0.717, 1.165) is 35.8 Å². The van der Waals surface area contributed by atoms with Crippen molar-refractivity contribution < 1.29 is 14.6 Å². The minimum atomic E-state index is -0.275. The largest absolute Gasteiger partial charge is 0.506 e. The molecular formula is C24H27Cl2N5O3. The molecule has 180 valence electrons. The third-order valence-electron chi connectivity index (χ3n) is 5.64. The summed E-state index contributed by atoms with van der Waals surface area (Å²) in [4.78, 5) is 16.2. The normalized spacial score (nSPS) is 15.6. The molecule has 3 N–H and O–H groups in total. The number of phenolic OH excluding ortho intramolecular Hbond substituents is 1. The van der Waals surface area contributed by atoms with E-state index in [1.54, 1.807) is 11.9 Å². The number of nitrogens with one attached hydrogen (secondary N) is 2. The number of hydrogen-bond donors (Lipinski definition) is 3. The van der Waals surface area contributed by atoms with Gasteiger partial charge in [0.15, 0.2) is 0 Å². The van der Waals surface area contributed by atoms with Gasteiger partial charge in [0.05, 0.1) is 29.5 Å². The van der Waals surface area contributed by atoms with Crippen molar-refractivity contribution in [1.82, 2.24) is 15.2 Å². The van der Waals surface area contributed by atoms with Crippen LogP contribution in [0.5, 0.6) is 11.5 Å². The zero-order valence-corrected chi connectivity index (χ0v) is 20.5. The summed E-state index contributed by atoms with van der Waals surface area (Å²) >= 11 is 12.6. The molecular weight excluding hydrogens is 477 g/mol. The molecule has 34 heavy (non-hydrogen) atoms. The summed E-state index contributed by atoms with van der Waals surface area (Å²) in [6.07, 6.45) is 3.87. The first-order chi connectivity index (χ1) is 16.4. The summed E-state index contributed by atoms with van der Waals surface area (Å²) in [5.74, 6) is 0.685. The molecule has 0 spiro atoms. The van der Waals surface area contributed by atoms with E-state index in [2.05, 4.69) is 17.7 Å². The summed E-state index contributed by atoms with van der Waals surface area (Å²) in [5.41, 5.74) is 6.37. The van der Waals surface area contributed by atoms with Crippen LogP contribution in [-0.4, -0.2) is 60.9 Å². The Hall–Kier alpha value is -3.07. The SMILES string of the molecule is CCNCCOc1ccc(NN2C=CC3=C(C2)N(C)C(=O)N(c2c(Cl)ccc(O)c2Cl)C3)cc1. The van der Waals surface area contributed by atoms with E-state index in [1.807, 2.05) is 41.6 Å². The molecule has 2 aromatic rings. The average Bonchev–Trinajstić information content (AvgIpc) is 2.84. The molecule has 0 radical (unpaired) electrons. The molecule has 0 saturated heterocycles. The van der Waals surface area contributed by atoms with Gasteiger partial charge in [-0.05, 0) is 54.6 Å². The molecule has 10 heteroatoms. The maximum absolute atomic E-state index is 13.2. The predicted molar refractivity (Wildman–Crippen MR) is 136 cm³/mol. The summed E-state index contributed by atoms with van der Waals surface area (Å²) in [6, 6.07) is 10.4. The third-order valence-corrected chi connectivity index (χ3v) is 6.32. The molecule has 0 unspecified atom stereocenters. The number of anilines is 2. The topological polar surface area (TPSA) is 80.3 Å². The van der Waals surface area contributed by atoms with Crippen LogP contribution in [0.4, 0.5) is 16.2 Å². The van der Waals surface area contributed by atoms with Gasteiger partial charge in [0, 0.05) is 25.5 Å². The van der Waals surface area contributed by atoms with E-state index in [-0.39, 0.29) is 16.8 Å². The zero-order valence-electron chi connectivity index (χ0n) is 19.0. The molecule has 2 aliphatic heterocycles. The summed E-state index contributed by atoms with van der Waals surface area (Å²) < 4.78 is 5.71. The van der Waals surface area contributed by atoms with Crippen LogP contribution in [-0.2, 0) is 0 Å². The van der Waals surface area contributed by atoms with Crippen molar-refractivity contribution in [2.45, 2.75) is 6.92 Å². The smallest absolute Gasteiger partial charge is 0.328 e. The highest BCUT2D eigenvalue weighted by Gasteiger charge is 2.34. The highest BCUT2D eigenvalue weighted by atomic mass is 35.5. The summed E-state index contributed by atoms with van der Waals surface area (Å²) in [7, 11) is 1.71. The van der Waals surface area contributed by atoms with Crippen molar-refractivity contribution in [1.29, 1.82) is 0 Å². The lowest BCUT2D eigenvalue weighted by Crippen LogP contribution is -2.50. The molecule has 0 saturated carbocycles. The number of benzene rings is 2. The number of rotatable bonds is 8. The number of carbonyl (C=O) groups excluding carboxylic acids is 1. The number of likely N-dealkylation sites (N-methyl/N-ethyl adjacent to an activating group) is 2. The van der Waals surface area contributed by atoms with Crippen LogP contribution in [0.25, 0.3) is 0 Å². The van der Waals surface area contributed by atoms with Gasteiger partial charge in [0.1, 0.15) is 23.1 Å². The standard InChI is InChI=1S/C24H27Cl2N5O3/c1-3-27-11-13-34-18-6-4-17(5-7-18)28-30-12-10-16-14-31(24(33)29(2)20(16)15-30)23-19(25)8-9-21(32)22(23)26/h4-10,12,27-28,32H,3,11,13-15H2,1-2H3. The molecule has 0 bridgehead atoms. The van der Waals surface area contributed by atoms with Gasteiger partial charge in [-0.3, -0.25) is 20.2 Å². The minimum Gasteiger partial charge on any atom is -0.506 e. The lowest BCUT2D eigenvalue weighted by Gasteiger charge is -2.40. The fourth-order valence-corrected chi connectivity index (χ4v) is 4.40. The summed E-state index contributed by atoms with van der Waals surface area (Å²) in [6.45, 7) is 5.19. The van der Waals surface area contributed by atoms with E-state index in [0.29, 0.717) is 30.4 Å². The van der Waals surface area contributed by atoms with Gasteiger partial charge in [-0.25, -0.2) is 4.79 Å². The molecule has 4 rings (SSSR count). The van der Waals surface area contributed by atoms with Crippen LogP contribution in [0.15, 0.2) is 59.9 Å². The van der Waals surface area contributed by atoms with Gasteiger partial charge in [0.25, 0.3) is 0 Å². The van der Waals surface area contributed by atoms with E-state index in [1.165, 1.54) is 17.0 Å². The van der Waals surface area contributed by atoms with Crippen molar-refractivity contribution in [2.24, 2.45) is 0 Å². The monoisotopic (exact) mass is 503 g/mol. The fraction of sp³-hybridized carbons (Fsp3) is 0.292. The van der Waals surface area contributed by atoms with E-state index in [9.17, 15) is 9.90 Å². The number of amides is 2. The number of halogens is 2. The molecule has 8 nitrogen and oxygen atoms in total. The van der Waals surface area contributed by atoms with Crippen molar-refractivity contribution in [3.63, 3.8) is 0 Å².